The predicted octanol–water partition coefficient (Wildman–Crippen LogP) is 4.27. The van der Waals surface area contributed by atoms with Crippen molar-refractivity contribution in [2.45, 2.75) is 78.0 Å². The molecule has 4 heteroatoms. The van der Waals surface area contributed by atoms with Gasteiger partial charge in [0.15, 0.2) is 6.10 Å². The monoisotopic (exact) mass is 346 g/mol. The number of rotatable bonds is 7. The Labute approximate surface area is 152 Å². The highest BCUT2D eigenvalue weighted by Gasteiger charge is 2.31. The molecule has 0 bridgehead atoms. The van der Waals surface area contributed by atoms with E-state index in [9.17, 15) is 4.79 Å². The fourth-order valence-electron chi connectivity index (χ4n) is 3.64. The van der Waals surface area contributed by atoms with Crippen LogP contribution in [0.3, 0.4) is 0 Å². The van der Waals surface area contributed by atoms with Crippen molar-refractivity contribution >= 4 is 11.6 Å². The molecule has 1 saturated carbocycles. The van der Waals surface area contributed by atoms with E-state index < -0.39 is 6.10 Å². The topological polar surface area (TPSA) is 64.3 Å². The summed E-state index contributed by atoms with van der Waals surface area (Å²) >= 11 is 0. The summed E-state index contributed by atoms with van der Waals surface area (Å²) in [7, 11) is 0. The lowest BCUT2D eigenvalue weighted by Gasteiger charge is -2.31. The van der Waals surface area contributed by atoms with Gasteiger partial charge in [-0.05, 0) is 50.7 Å². The van der Waals surface area contributed by atoms with Gasteiger partial charge in [0.25, 0.3) is 5.91 Å². The highest BCUT2D eigenvalue weighted by Crippen LogP contribution is 2.31. The Morgan fingerprint density at radius 1 is 1.24 bits per heavy atom. The van der Waals surface area contributed by atoms with Gasteiger partial charge in [0, 0.05) is 11.7 Å². The first kappa shape index (κ1) is 19.9. The molecule has 0 radical (unpaired) electrons. The number of nitrogens with one attached hydrogen (secondary N) is 1. The number of carbonyl (C=O) groups is 1. The molecule has 1 aromatic carbocycles. The van der Waals surface area contributed by atoms with Crippen LogP contribution in [0.2, 0.25) is 0 Å². The SMILES string of the molecule is Cc1ccccc1NC(=O)C(OC(C)C)[C@H](N)CC1CCC(C)CC1. The normalized spacial score (nSPS) is 23.3. The number of hydrogen-bond donors (Lipinski definition) is 2. The smallest absolute Gasteiger partial charge is 0.255 e. The van der Waals surface area contributed by atoms with Gasteiger partial charge in [0.05, 0.1) is 6.10 Å². The summed E-state index contributed by atoms with van der Waals surface area (Å²) in [6.07, 6.45) is 5.16. The molecule has 1 aliphatic carbocycles. The first-order valence-corrected chi connectivity index (χ1v) is 9.64. The van der Waals surface area contributed by atoms with E-state index in [0.29, 0.717) is 5.92 Å². The summed E-state index contributed by atoms with van der Waals surface area (Å²) in [6, 6.07) is 7.50. The van der Waals surface area contributed by atoms with Gasteiger partial charge >= 0.3 is 0 Å². The minimum Gasteiger partial charge on any atom is -0.364 e. The third kappa shape index (κ3) is 6.12. The van der Waals surface area contributed by atoms with Crippen LogP contribution in [0, 0.1) is 18.8 Å². The Balaban J connectivity index is 2.01. The van der Waals surface area contributed by atoms with E-state index in [1.807, 2.05) is 45.0 Å². The number of amides is 1. The van der Waals surface area contributed by atoms with E-state index in [1.165, 1.54) is 25.7 Å². The molecule has 1 amide bonds. The van der Waals surface area contributed by atoms with E-state index in [4.69, 9.17) is 10.5 Å². The molecule has 0 aromatic heterocycles. The molecule has 0 heterocycles. The summed E-state index contributed by atoms with van der Waals surface area (Å²) in [4.78, 5) is 12.8. The van der Waals surface area contributed by atoms with Gasteiger partial charge in [-0.3, -0.25) is 4.79 Å². The lowest BCUT2D eigenvalue weighted by atomic mass is 9.79. The molecule has 25 heavy (non-hydrogen) atoms. The molecule has 2 atom stereocenters. The number of nitrogens with two attached hydrogens (primary N) is 1. The molecule has 3 N–H and O–H groups in total. The van der Waals surface area contributed by atoms with Gasteiger partial charge < -0.3 is 15.8 Å². The second kappa shape index (κ2) is 9.35. The molecule has 1 fully saturated rings. The van der Waals surface area contributed by atoms with Crippen LogP contribution >= 0.6 is 0 Å². The van der Waals surface area contributed by atoms with Crippen LogP contribution in [0.4, 0.5) is 5.69 Å². The molecule has 0 aliphatic heterocycles. The van der Waals surface area contributed by atoms with Crippen molar-refractivity contribution in [1.29, 1.82) is 0 Å². The number of aryl methyl sites for hydroxylation is 1. The number of anilines is 1. The highest BCUT2D eigenvalue weighted by atomic mass is 16.5. The number of para-hydroxylation sites is 1. The van der Waals surface area contributed by atoms with E-state index in [0.717, 1.165) is 23.6 Å². The van der Waals surface area contributed by atoms with E-state index in [1.54, 1.807) is 0 Å². The second-order valence-electron chi connectivity index (χ2n) is 7.94. The van der Waals surface area contributed by atoms with Crippen molar-refractivity contribution in [3.63, 3.8) is 0 Å². The molecule has 0 spiro atoms. The minimum absolute atomic E-state index is 0.0370. The van der Waals surface area contributed by atoms with Gasteiger partial charge in [-0.2, -0.15) is 0 Å². The zero-order chi connectivity index (χ0) is 18.4. The third-order valence-electron chi connectivity index (χ3n) is 5.21. The van der Waals surface area contributed by atoms with Crippen LogP contribution in [0.5, 0.6) is 0 Å². The van der Waals surface area contributed by atoms with Crippen LogP contribution in [-0.2, 0) is 9.53 Å². The lowest BCUT2D eigenvalue weighted by Crippen LogP contribution is -2.47. The van der Waals surface area contributed by atoms with Crippen molar-refractivity contribution < 1.29 is 9.53 Å². The Bertz CT molecular complexity index is 551. The summed E-state index contributed by atoms with van der Waals surface area (Å²) in [5, 5.41) is 3.00. The van der Waals surface area contributed by atoms with Crippen LogP contribution < -0.4 is 11.1 Å². The first-order valence-electron chi connectivity index (χ1n) is 9.64. The van der Waals surface area contributed by atoms with Crippen molar-refractivity contribution in [3.05, 3.63) is 29.8 Å². The molecule has 2 rings (SSSR count). The Morgan fingerprint density at radius 3 is 2.48 bits per heavy atom. The Hall–Kier alpha value is -1.39. The maximum absolute atomic E-state index is 12.8. The number of hydrogen-bond acceptors (Lipinski definition) is 3. The van der Waals surface area contributed by atoms with Crippen molar-refractivity contribution in [2.24, 2.45) is 17.6 Å². The molecule has 1 unspecified atom stereocenters. The van der Waals surface area contributed by atoms with E-state index >= 15 is 0 Å². The lowest BCUT2D eigenvalue weighted by molar-refractivity contribution is -0.132. The number of carbonyl (C=O) groups excluding carboxylic acids is 1. The van der Waals surface area contributed by atoms with Gasteiger partial charge in [-0.15, -0.1) is 0 Å². The van der Waals surface area contributed by atoms with Gasteiger partial charge in [-0.25, -0.2) is 0 Å². The maximum atomic E-state index is 12.8. The average Bonchev–Trinajstić information content (AvgIpc) is 2.56. The third-order valence-corrected chi connectivity index (χ3v) is 5.21. The minimum atomic E-state index is -0.612. The van der Waals surface area contributed by atoms with Crippen LogP contribution in [0.25, 0.3) is 0 Å². The Kier molecular flexibility index (Phi) is 7.45. The van der Waals surface area contributed by atoms with Gasteiger partial charge in [0.1, 0.15) is 0 Å². The fraction of sp³-hybridized carbons (Fsp3) is 0.667. The average molecular weight is 347 g/mol. The van der Waals surface area contributed by atoms with Crippen molar-refractivity contribution in [3.8, 4) is 0 Å². The Morgan fingerprint density at radius 2 is 1.88 bits per heavy atom. The number of benzene rings is 1. The zero-order valence-electron chi connectivity index (χ0n) is 16.1. The second-order valence-corrected chi connectivity index (χ2v) is 7.94. The van der Waals surface area contributed by atoms with Crippen LogP contribution in [0.1, 0.15) is 58.4 Å². The zero-order valence-corrected chi connectivity index (χ0v) is 16.1. The molecule has 0 saturated heterocycles. The molecular weight excluding hydrogens is 312 g/mol. The van der Waals surface area contributed by atoms with Crippen LogP contribution in [0.15, 0.2) is 24.3 Å². The number of ether oxygens (including phenoxy) is 1. The predicted molar refractivity (Wildman–Crippen MR) is 104 cm³/mol. The summed E-state index contributed by atoms with van der Waals surface area (Å²) in [5.74, 6) is 1.29. The van der Waals surface area contributed by atoms with Crippen LogP contribution in [-0.4, -0.2) is 24.2 Å². The summed E-state index contributed by atoms with van der Waals surface area (Å²) in [5.41, 5.74) is 8.30. The summed E-state index contributed by atoms with van der Waals surface area (Å²) < 4.78 is 5.91. The standard InChI is InChI=1S/C21H34N2O2/c1-14(2)25-20(18(22)13-17-11-9-15(3)10-12-17)21(24)23-19-8-6-5-7-16(19)4/h5-8,14-15,17-18,20H,9-13,22H2,1-4H3,(H,23,24)/t15?,17?,18-,20?/m1/s1. The van der Waals surface area contributed by atoms with Gasteiger partial charge in [-0.1, -0.05) is 50.8 Å². The van der Waals surface area contributed by atoms with Crippen molar-refractivity contribution in [1.82, 2.24) is 0 Å². The van der Waals surface area contributed by atoms with E-state index in [-0.39, 0.29) is 18.1 Å². The largest absolute Gasteiger partial charge is 0.364 e. The summed E-state index contributed by atoms with van der Waals surface area (Å²) in [6.45, 7) is 8.19. The first-order chi connectivity index (χ1) is 11.9. The molecule has 140 valence electrons. The highest BCUT2D eigenvalue weighted by molar-refractivity contribution is 5.95. The van der Waals surface area contributed by atoms with Crippen molar-refractivity contribution in [2.75, 3.05) is 5.32 Å². The molecule has 4 nitrogen and oxygen atoms in total. The molecule has 1 aromatic rings. The van der Waals surface area contributed by atoms with Gasteiger partial charge in [0.2, 0.25) is 0 Å². The fourth-order valence-corrected chi connectivity index (χ4v) is 3.64. The molecule has 1 aliphatic rings. The quantitative estimate of drug-likeness (QED) is 0.775. The van der Waals surface area contributed by atoms with E-state index in [2.05, 4.69) is 12.2 Å². The molecular formula is C21H34N2O2. The maximum Gasteiger partial charge on any atom is 0.255 e.